The van der Waals surface area contributed by atoms with E-state index in [-0.39, 0.29) is 36.1 Å². The molecule has 188 valence electrons. The van der Waals surface area contributed by atoms with E-state index in [1.807, 2.05) is 66.7 Å². The maximum Gasteiger partial charge on any atom is 0.228 e. The first-order chi connectivity index (χ1) is 16.1. The molecular formula is C26H29Cl4N3O2. The van der Waals surface area contributed by atoms with E-state index in [0.717, 1.165) is 37.2 Å². The number of halogens is 4. The Balaban J connectivity index is 0.00000216. The van der Waals surface area contributed by atoms with E-state index >= 15 is 0 Å². The van der Waals surface area contributed by atoms with Crippen LogP contribution >= 0.6 is 48.0 Å². The fourth-order valence-electron chi connectivity index (χ4n) is 4.29. The number of hydrogen-bond donors (Lipinski definition) is 1. The van der Waals surface area contributed by atoms with Gasteiger partial charge >= 0.3 is 0 Å². The Morgan fingerprint density at radius 2 is 1.74 bits per heavy atom. The molecule has 2 aromatic carbocycles. The van der Waals surface area contributed by atoms with Crippen LogP contribution in [-0.4, -0.2) is 37.1 Å². The van der Waals surface area contributed by atoms with Crippen molar-refractivity contribution in [3.05, 3.63) is 88.5 Å². The van der Waals surface area contributed by atoms with Crippen molar-refractivity contribution in [1.82, 2.24) is 10.3 Å². The molecule has 0 bridgehead atoms. The Kier molecular flexibility index (Phi) is 11.6. The first kappa shape index (κ1) is 29.2. The summed E-state index contributed by atoms with van der Waals surface area (Å²) in [6.45, 7) is 2.64. The monoisotopic (exact) mass is 555 g/mol. The minimum absolute atomic E-state index is 0. The summed E-state index contributed by atoms with van der Waals surface area (Å²) in [4.78, 5) is 19.0. The summed E-state index contributed by atoms with van der Waals surface area (Å²) in [5.74, 6) is 1.63. The Labute approximate surface area is 229 Å². The lowest BCUT2D eigenvalue weighted by molar-refractivity contribution is -0.120. The number of pyridine rings is 1. The molecule has 1 aromatic heterocycles. The quantitative estimate of drug-likeness (QED) is 0.312. The van der Waals surface area contributed by atoms with Gasteiger partial charge in [-0.2, -0.15) is 0 Å². The summed E-state index contributed by atoms with van der Waals surface area (Å²) in [7, 11) is 0. The van der Waals surface area contributed by atoms with Crippen LogP contribution in [0, 0.1) is 0 Å². The smallest absolute Gasteiger partial charge is 0.228 e. The van der Waals surface area contributed by atoms with E-state index in [9.17, 15) is 4.79 Å². The molecule has 0 saturated carbocycles. The van der Waals surface area contributed by atoms with Crippen molar-refractivity contribution in [2.24, 2.45) is 0 Å². The molecule has 4 rings (SSSR count). The van der Waals surface area contributed by atoms with Crippen molar-refractivity contribution < 1.29 is 9.53 Å². The molecule has 3 aromatic rings. The average molecular weight is 557 g/mol. The second-order valence-corrected chi connectivity index (χ2v) is 9.05. The van der Waals surface area contributed by atoms with E-state index in [2.05, 4.69) is 10.3 Å². The third-order valence-corrected chi connectivity index (χ3v) is 6.85. The number of carbonyl (C=O) groups excluding carboxylic acids is 1. The van der Waals surface area contributed by atoms with Crippen LogP contribution in [0.15, 0.2) is 72.9 Å². The largest absolute Gasteiger partial charge is 0.492 e. The number of nitrogens with one attached hydrogen (secondary N) is 1. The zero-order valence-electron chi connectivity index (χ0n) is 19.2. The molecule has 0 radical (unpaired) electrons. The minimum atomic E-state index is -0.257. The number of benzene rings is 2. The molecule has 2 heterocycles. The van der Waals surface area contributed by atoms with Crippen molar-refractivity contribution in [2.75, 3.05) is 31.1 Å². The summed E-state index contributed by atoms with van der Waals surface area (Å²) in [5.41, 5.74) is 0.833. The van der Waals surface area contributed by atoms with Gasteiger partial charge in [0.2, 0.25) is 5.91 Å². The molecule has 1 fully saturated rings. The first-order valence-corrected chi connectivity index (χ1v) is 11.9. The standard InChI is InChI=1S/C26H27Cl2N3O2.2ClH/c27-22-10-9-20(18-23(22)28)26(13-15-29-16-17-33-21-6-2-1-3-7-21)12-11-25(32)31(19-26)24-8-4-5-14-30-24;;/h1-10,14,18,29H,11-13,15-17,19H2;2*1H/t26-;;/m1../s1. The zero-order chi connectivity index (χ0) is 23.1. The Hall–Kier alpha value is -2.02. The van der Waals surface area contributed by atoms with Gasteiger partial charge in [-0.05, 0) is 61.3 Å². The lowest BCUT2D eigenvalue weighted by atomic mass is 9.71. The number of carbonyl (C=O) groups is 1. The highest BCUT2D eigenvalue weighted by Crippen LogP contribution is 2.40. The third kappa shape index (κ3) is 7.48. The molecule has 1 amide bonds. The van der Waals surface area contributed by atoms with E-state index in [1.165, 1.54) is 0 Å². The second-order valence-electron chi connectivity index (χ2n) is 8.24. The molecule has 9 heteroatoms. The average Bonchev–Trinajstić information content (AvgIpc) is 2.85. The van der Waals surface area contributed by atoms with E-state index in [4.69, 9.17) is 27.9 Å². The van der Waals surface area contributed by atoms with Gasteiger partial charge in [0.1, 0.15) is 18.2 Å². The number of anilines is 1. The van der Waals surface area contributed by atoms with E-state index in [1.54, 1.807) is 11.1 Å². The summed E-state index contributed by atoms with van der Waals surface area (Å²) in [6, 6.07) is 21.2. The van der Waals surface area contributed by atoms with Gasteiger partial charge in [0.15, 0.2) is 0 Å². The molecule has 1 atom stereocenters. The van der Waals surface area contributed by atoms with Gasteiger partial charge in [0.05, 0.1) is 10.0 Å². The van der Waals surface area contributed by atoms with E-state index in [0.29, 0.717) is 35.4 Å². The van der Waals surface area contributed by atoms with Crippen LogP contribution in [0.4, 0.5) is 5.82 Å². The SMILES string of the molecule is Cl.Cl.O=C1CC[C@](CCNCCOc2ccccc2)(c2ccc(Cl)c(Cl)c2)CN1c1ccccn1. The van der Waals surface area contributed by atoms with Crippen molar-refractivity contribution in [3.63, 3.8) is 0 Å². The molecule has 1 aliphatic rings. The van der Waals surface area contributed by atoms with Crippen LogP contribution in [0.5, 0.6) is 5.75 Å². The Morgan fingerprint density at radius 3 is 2.46 bits per heavy atom. The fraction of sp³-hybridized carbons (Fsp3) is 0.308. The van der Waals surface area contributed by atoms with E-state index < -0.39 is 0 Å². The molecule has 0 unspecified atom stereocenters. The van der Waals surface area contributed by atoms with Gasteiger partial charge in [0, 0.05) is 31.1 Å². The second kappa shape index (κ2) is 13.9. The van der Waals surface area contributed by atoms with Gasteiger partial charge in [-0.15, -0.1) is 24.8 Å². The van der Waals surface area contributed by atoms with Crippen LogP contribution in [0.1, 0.15) is 24.8 Å². The lowest BCUT2D eigenvalue weighted by Crippen LogP contribution is -2.50. The number of ether oxygens (including phenoxy) is 1. The number of para-hydroxylation sites is 1. The number of aromatic nitrogens is 1. The van der Waals surface area contributed by atoms with Gasteiger partial charge < -0.3 is 10.1 Å². The summed E-state index contributed by atoms with van der Waals surface area (Å²) in [5, 5.41) is 4.54. The van der Waals surface area contributed by atoms with Crippen molar-refractivity contribution in [3.8, 4) is 5.75 Å². The summed E-state index contributed by atoms with van der Waals surface area (Å²) < 4.78 is 5.77. The highest BCUT2D eigenvalue weighted by atomic mass is 35.5. The maximum atomic E-state index is 12.8. The number of amides is 1. The van der Waals surface area contributed by atoms with Crippen molar-refractivity contribution >= 4 is 59.7 Å². The topological polar surface area (TPSA) is 54.5 Å². The number of rotatable bonds is 9. The van der Waals surface area contributed by atoms with Gasteiger partial charge in [-0.1, -0.05) is 53.5 Å². The molecular weight excluding hydrogens is 528 g/mol. The number of piperidine rings is 1. The predicted molar refractivity (Wildman–Crippen MR) is 148 cm³/mol. The Morgan fingerprint density at radius 1 is 0.971 bits per heavy atom. The predicted octanol–water partition coefficient (Wildman–Crippen LogP) is 6.36. The van der Waals surface area contributed by atoms with Gasteiger partial charge in [-0.3, -0.25) is 9.69 Å². The highest BCUT2D eigenvalue weighted by molar-refractivity contribution is 6.42. The highest BCUT2D eigenvalue weighted by Gasteiger charge is 2.41. The van der Waals surface area contributed by atoms with Gasteiger partial charge in [-0.25, -0.2) is 4.98 Å². The van der Waals surface area contributed by atoms with Crippen molar-refractivity contribution in [1.29, 1.82) is 0 Å². The van der Waals surface area contributed by atoms with Crippen LogP contribution in [-0.2, 0) is 10.2 Å². The van der Waals surface area contributed by atoms with Crippen LogP contribution in [0.25, 0.3) is 0 Å². The summed E-state index contributed by atoms with van der Waals surface area (Å²) >= 11 is 12.6. The molecule has 1 aliphatic heterocycles. The zero-order valence-corrected chi connectivity index (χ0v) is 22.3. The molecule has 0 aliphatic carbocycles. The van der Waals surface area contributed by atoms with Crippen LogP contribution in [0.2, 0.25) is 10.0 Å². The Bertz CT molecular complexity index is 1070. The summed E-state index contributed by atoms with van der Waals surface area (Å²) in [6.07, 6.45) is 3.75. The van der Waals surface area contributed by atoms with Crippen LogP contribution < -0.4 is 15.0 Å². The normalized spacial score (nSPS) is 17.3. The van der Waals surface area contributed by atoms with Crippen LogP contribution in [0.3, 0.4) is 0 Å². The maximum absolute atomic E-state index is 12.8. The fourth-order valence-corrected chi connectivity index (χ4v) is 4.59. The lowest BCUT2D eigenvalue weighted by Gasteiger charge is -2.43. The number of nitrogens with zero attached hydrogens (tertiary/aromatic N) is 2. The molecule has 35 heavy (non-hydrogen) atoms. The minimum Gasteiger partial charge on any atom is -0.492 e. The number of hydrogen-bond acceptors (Lipinski definition) is 4. The van der Waals surface area contributed by atoms with Crippen molar-refractivity contribution in [2.45, 2.75) is 24.7 Å². The molecule has 5 nitrogen and oxygen atoms in total. The molecule has 1 N–H and O–H groups in total. The van der Waals surface area contributed by atoms with Gasteiger partial charge in [0.25, 0.3) is 0 Å². The molecule has 1 saturated heterocycles. The molecule has 0 spiro atoms. The third-order valence-electron chi connectivity index (χ3n) is 6.11. The first-order valence-electron chi connectivity index (χ1n) is 11.1.